The van der Waals surface area contributed by atoms with Gasteiger partial charge < -0.3 is 21.7 Å². The number of pyridine rings is 1. The van der Waals surface area contributed by atoms with Crippen LogP contribution in [0, 0.1) is 0 Å². The molecule has 0 fully saturated rings. The van der Waals surface area contributed by atoms with Gasteiger partial charge in [-0.05, 0) is 17.7 Å². The Kier molecular flexibility index (Phi) is 6.53. The maximum atomic E-state index is 11.6. The summed E-state index contributed by atoms with van der Waals surface area (Å²) in [5.41, 5.74) is 0.922. The van der Waals surface area contributed by atoms with Crippen molar-refractivity contribution >= 4 is 17.6 Å². The van der Waals surface area contributed by atoms with Crippen LogP contribution in [-0.4, -0.2) is 5.97 Å². The van der Waals surface area contributed by atoms with Gasteiger partial charge in [0.1, 0.15) is 6.61 Å². The molecule has 5 heteroatoms. The highest BCUT2D eigenvalue weighted by atomic mass is 79.9. The molecule has 0 unspecified atom stereocenters. The van der Waals surface area contributed by atoms with Crippen LogP contribution in [0.25, 0.3) is 0 Å². The lowest BCUT2D eigenvalue weighted by Crippen LogP contribution is -3.00. The van der Waals surface area contributed by atoms with Gasteiger partial charge in [0.05, 0.1) is 0 Å². The SMILES string of the molecule is O=C(C[n+]1ccccc1)OCc1ccc(Cl)cc1.[Br-]. The Morgan fingerprint density at radius 3 is 2.37 bits per heavy atom. The topological polar surface area (TPSA) is 30.2 Å². The molecule has 3 nitrogen and oxygen atoms in total. The van der Waals surface area contributed by atoms with Gasteiger partial charge in [0.2, 0.25) is 6.54 Å². The quantitative estimate of drug-likeness (QED) is 0.547. The number of benzene rings is 1. The molecular weight excluding hydrogens is 330 g/mol. The van der Waals surface area contributed by atoms with Gasteiger partial charge in [-0.2, -0.15) is 4.57 Å². The molecule has 0 spiro atoms. The highest BCUT2D eigenvalue weighted by Crippen LogP contribution is 2.10. The molecule has 0 amide bonds. The molecule has 0 aliphatic carbocycles. The van der Waals surface area contributed by atoms with Gasteiger partial charge in [0, 0.05) is 17.2 Å². The first-order chi connectivity index (χ1) is 8.74. The van der Waals surface area contributed by atoms with E-state index in [1.807, 2.05) is 42.7 Å². The molecule has 0 aliphatic heterocycles. The average molecular weight is 343 g/mol. The van der Waals surface area contributed by atoms with E-state index in [4.69, 9.17) is 16.3 Å². The molecule has 0 saturated heterocycles. The van der Waals surface area contributed by atoms with Crippen molar-refractivity contribution in [3.8, 4) is 0 Å². The maximum Gasteiger partial charge on any atom is 0.373 e. The molecule has 0 atom stereocenters. The number of carbonyl (C=O) groups is 1. The van der Waals surface area contributed by atoms with E-state index >= 15 is 0 Å². The molecule has 0 saturated carbocycles. The van der Waals surface area contributed by atoms with Crippen molar-refractivity contribution < 1.29 is 31.1 Å². The van der Waals surface area contributed by atoms with E-state index in [1.165, 1.54) is 0 Å². The lowest BCUT2D eigenvalue weighted by molar-refractivity contribution is -0.686. The van der Waals surface area contributed by atoms with Gasteiger partial charge >= 0.3 is 5.97 Å². The third-order valence-electron chi connectivity index (χ3n) is 2.40. The van der Waals surface area contributed by atoms with Gasteiger partial charge in [-0.3, -0.25) is 0 Å². The molecule has 0 N–H and O–H groups in total. The van der Waals surface area contributed by atoms with Gasteiger partial charge in [0.25, 0.3) is 0 Å². The second-order valence-electron chi connectivity index (χ2n) is 3.83. The van der Waals surface area contributed by atoms with E-state index in [2.05, 4.69) is 0 Å². The maximum absolute atomic E-state index is 11.6. The van der Waals surface area contributed by atoms with Crippen molar-refractivity contribution in [2.45, 2.75) is 13.2 Å². The van der Waals surface area contributed by atoms with Gasteiger partial charge in [-0.15, -0.1) is 0 Å². The standard InChI is InChI=1S/C14H13ClNO2.BrH/c15-13-6-4-12(5-7-13)11-18-14(17)10-16-8-2-1-3-9-16;/h1-9H,10-11H2;1H/q+1;/p-1. The Balaban J connectivity index is 0.00000180. The minimum atomic E-state index is -0.263. The number of esters is 1. The normalized spacial score (nSPS) is 9.53. The fourth-order valence-corrected chi connectivity index (χ4v) is 1.60. The largest absolute Gasteiger partial charge is 1.00 e. The fourth-order valence-electron chi connectivity index (χ4n) is 1.48. The first kappa shape index (κ1) is 15.7. The van der Waals surface area contributed by atoms with Crippen molar-refractivity contribution in [2.24, 2.45) is 0 Å². The van der Waals surface area contributed by atoms with E-state index in [1.54, 1.807) is 16.7 Å². The third-order valence-corrected chi connectivity index (χ3v) is 2.65. The fraction of sp³-hybridized carbons (Fsp3) is 0.143. The number of ether oxygens (including phenoxy) is 1. The van der Waals surface area contributed by atoms with Crippen LogP contribution in [-0.2, 0) is 22.7 Å². The number of rotatable bonds is 4. The summed E-state index contributed by atoms with van der Waals surface area (Å²) in [6, 6.07) is 12.9. The first-order valence-electron chi connectivity index (χ1n) is 5.58. The predicted molar refractivity (Wildman–Crippen MR) is 67.9 cm³/mol. The molecule has 0 aliphatic rings. The highest BCUT2D eigenvalue weighted by Gasteiger charge is 2.09. The number of nitrogens with zero attached hydrogens (tertiary/aromatic N) is 1. The summed E-state index contributed by atoms with van der Waals surface area (Å²) < 4.78 is 6.94. The Morgan fingerprint density at radius 1 is 1.11 bits per heavy atom. The van der Waals surface area contributed by atoms with Crippen LogP contribution in [0.4, 0.5) is 0 Å². The minimum absolute atomic E-state index is 0. The zero-order valence-corrected chi connectivity index (χ0v) is 12.5. The third kappa shape index (κ3) is 5.41. The Morgan fingerprint density at radius 2 is 1.74 bits per heavy atom. The molecular formula is C14H13BrClNO2. The number of hydrogen-bond acceptors (Lipinski definition) is 2. The number of aromatic nitrogens is 1. The second-order valence-corrected chi connectivity index (χ2v) is 4.27. The Bertz CT molecular complexity index is 517. The van der Waals surface area contributed by atoms with E-state index in [0.29, 0.717) is 5.02 Å². The van der Waals surface area contributed by atoms with Crippen molar-refractivity contribution in [1.29, 1.82) is 0 Å². The number of carbonyl (C=O) groups excluding carboxylic acids is 1. The lowest BCUT2D eigenvalue weighted by Gasteiger charge is -2.03. The van der Waals surface area contributed by atoms with Crippen molar-refractivity contribution in [2.75, 3.05) is 0 Å². The Labute approximate surface area is 127 Å². The van der Waals surface area contributed by atoms with Crippen LogP contribution < -0.4 is 21.5 Å². The minimum Gasteiger partial charge on any atom is -1.00 e. The highest BCUT2D eigenvalue weighted by molar-refractivity contribution is 6.30. The summed E-state index contributed by atoms with van der Waals surface area (Å²) in [6.45, 7) is 0.484. The summed E-state index contributed by atoms with van der Waals surface area (Å²) in [6.07, 6.45) is 3.65. The summed E-state index contributed by atoms with van der Waals surface area (Å²) in [7, 11) is 0. The van der Waals surface area contributed by atoms with Crippen LogP contribution in [0.2, 0.25) is 5.02 Å². The Hall–Kier alpha value is -1.39. The molecule has 0 bridgehead atoms. The molecule has 1 aromatic carbocycles. The second kappa shape index (κ2) is 7.92. The molecule has 1 aromatic heterocycles. The molecule has 0 radical (unpaired) electrons. The lowest BCUT2D eigenvalue weighted by atomic mass is 10.2. The van der Waals surface area contributed by atoms with Crippen LogP contribution >= 0.6 is 11.6 Å². The van der Waals surface area contributed by atoms with E-state index in [0.717, 1.165) is 5.56 Å². The van der Waals surface area contributed by atoms with E-state index in [9.17, 15) is 4.79 Å². The van der Waals surface area contributed by atoms with Crippen molar-refractivity contribution in [1.82, 2.24) is 0 Å². The van der Waals surface area contributed by atoms with E-state index < -0.39 is 0 Å². The number of halogens is 2. The zero-order valence-electron chi connectivity index (χ0n) is 10.1. The van der Waals surface area contributed by atoms with Crippen molar-refractivity contribution in [3.05, 3.63) is 65.4 Å². The number of hydrogen-bond donors (Lipinski definition) is 0. The summed E-state index contributed by atoms with van der Waals surface area (Å²) in [5.74, 6) is -0.263. The van der Waals surface area contributed by atoms with Crippen LogP contribution in [0.1, 0.15) is 5.56 Å². The molecule has 19 heavy (non-hydrogen) atoms. The monoisotopic (exact) mass is 341 g/mol. The molecule has 100 valence electrons. The molecule has 2 rings (SSSR count). The smallest absolute Gasteiger partial charge is 0.373 e. The van der Waals surface area contributed by atoms with Crippen molar-refractivity contribution in [3.63, 3.8) is 0 Å². The van der Waals surface area contributed by atoms with Crippen LogP contribution in [0.3, 0.4) is 0 Å². The molecule has 2 aromatic rings. The van der Waals surface area contributed by atoms with E-state index in [-0.39, 0.29) is 36.1 Å². The average Bonchev–Trinajstić information content (AvgIpc) is 2.39. The summed E-state index contributed by atoms with van der Waals surface area (Å²) >= 11 is 5.77. The van der Waals surface area contributed by atoms with Crippen LogP contribution in [0.15, 0.2) is 54.9 Å². The van der Waals surface area contributed by atoms with Gasteiger partial charge in [-0.25, -0.2) is 4.79 Å². The van der Waals surface area contributed by atoms with Gasteiger partial charge in [-0.1, -0.05) is 29.8 Å². The first-order valence-corrected chi connectivity index (χ1v) is 5.96. The van der Waals surface area contributed by atoms with Crippen LogP contribution in [0.5, 0.6) is 0 Å². The predicted octanol–water partition coefficient (Wildman–Crippen LogP) is -0.625. The summed E-state index contributed by atoms with van der Waals surface area (Å²) in [4.78, 5) is 11.6. The zero-order chi connectivity index (χ0) is 12.8. The molecule has 1 heterocycles. The van der Waals surface area contributed by atoms with Gasteiger partial charge in [0.15, 0.2) is 12.4 Å². The summed E-state index contributed by atoms with van der Waals surface area (Å²) in [5, 5.41) is 0.671.